The van der Waals surface area contributed by atoms with E-state index in [-0.39, 0.29) is 11.1 Å². The zero-order valence-corrected chi connectivity index (χ0v) is 16.4. The Hall–Kier alpha value is -4.19. The van der Waals surface area contributed by atoms with Gasteiger partial charge in [-0.05, 0) is 65.6 Å². The summed E-state index contributed by atoms with van der Waals surface area (Å²) in [5.41, 5.74) is 2.02. The Labute approximate surface area is 177 Å². The minimum atomic E-state index is -1.30. The Kier molecular flexibility index (Phi) is 4.59. The summed E-state index contributed by atoms with van der Waals surface area (Å²) in [5.74, 6) is 0.723. The Morgan fingerprint density at radius 2 is 1.81 bits per heavy atom. The topological polar surface area (TPSA) is 84.2 Å². The molecule has 0 saturated heterocycles. The first-order valence-corrected chi connectivity index (χ1v) is 9.88. The summed E-state index contributed by atoms with van der Waals surface area (Å²) in [4.78, 5) is 28.7. The molecule has 1 aromatic heterocycles. The van der Waals surface area contributed by atoms with Gasteiger partial charge < -0.3 is 14.6 Å². The third kappa shape index (κ3) is 3.59. The molecule has 0 saturated carbocycles. The van der Waals surface area contributed by atoms with Crippen LogP contribution in [0.2, 0.25) is 0 Å². The van der Waals surface area contributed by atoms with Crippen molar-refractivity contribution in [1.82, 2.24) is 9.55 Å². The van der Waals surface area contributed by atoms with Gasteiger partial charge in [-0.15, -0.1) is 0 Å². The van der Waals surface area contributed by atoms with E-state index in [1.54, 1.807) is 4.57 Å². The van der Waals surface area contributed by atoms with Crippen LogP contribution in [0.15, 0.2) is 77.6 Å². The van der Waals surface area contributed by atoms with Crippen molar-refractivity contribution < 1.29 is 14.6 Å². The van der Waals surface area contributed by atoms with Gasteiger partial charge in [-0.25, -0.2) is 4.98 Å². The molecule has 0 amide bonds. The molecule has 152 valence electrons. The molecule has 2 heterocycles. The van der Waals surface area contributed by atoms with Crippen molar-refractivity contribution in [3.8, 4) is 11.5 Å². The van der Waals surface area contributed by atoms with Crippen molar-refractivity contribution in [2.75, 3.05) is 0 Å². The molecule has 0 unspecified atom stereocenters. The van der Waals surface area contributed by atoms with Gasteiger partial charge in [0.2, 0.25) is 0 Å². The third-order valence-corrected chi connectivity index (χ3v) is 5.26. The number of aromatic carboxylic acids is 1. The van der Waals surface area contributed by atoms with Crippen LogP contribution in [-0.2, 0) is 6.54 Å². The van der Waals surface area contributed by atoms with Crippen LogP contribution in [0.1, 0.15) is 28.2 Å². The van der Waals surface area contributed by atoms with Crippen LogP contribution in [0.5, 0.6) is 11.5 Å². The van der Waals surface area contributed by atoms with Gasteiger partial charge in [-0.3, -0.25) is 9.36 Å². The fourth-order valence-electron chi connectivity index (χ4n) is 3.77. The number of carbonyl (C=O) groups excluding carboxylic acids is 1. The number of aromatic nitrogens is 2. The van der Waals surface area contributed by atoms with Crippen LogP contribution >= 0.6 is 0 Å². The first-order valence-electron chi connectivity index (χ1n) is 9.88. The van der Waals surface area contributed by atoms with Crippen molar-refractivity contribution in [3.63, 3.8) is 0 Å². The lowest BCUT2D eigenvalue weighted by molar-refractivity contribution is -0.255. The molecule has 3 aromatic carbocycles. The minimum absolute atomic E-state index is 0.00126. The Morgan fingerprint density at radius 3 is 2.61 bits per heavy atom. The number of allylic oxidation sites excluding steroid dienone is 1. The van der Waals surface area contributed by atoms with E-state index in [0.717, 1.165) is 16.9 Å². The number of benzene rings is 3. The van der Waals surface area contributed by atoms with Crippen LogP contribution in [0.4, 0.5) is 0 Å². The Balaban J connectivity index is 1.53. The van der Waals surface area contributed by atoms with Crippen molar-refractivity contribution in [1.29, 1.82) is 0 Å². The maximum absolute atomic E-state index is 12.9. The van der Waals surface area contributed by atoms with Gasteiger partial charge in [0.25, 0.3) is 5.56 Å². The van der Waals surface area contributed by atoms with E-state index in [1.807, 2.05) is 60.7 Å². The van der Waals surface area contributed by atoms with Crippen LogP contribution in [0, 0.1) is 0 Å². The summed E-state index contributed by atoms with van der Waals surface area (Å²) < 4.78 is 7.54. The molecular weight excluding hydrogens is 392 g/mol. The number of rotatable bonds is 4. The number of para-hydroxylation sites is 1. The number of hydrogen-bond donors (Lipinski definition) is 0. The average molecular weight is 409 g/mol. The zero-order chi connectivity index (χ0) is 21.4. The summed E-state index contributed by atoms with van der Waals surface area (Å²) in [6.45, 7) is 0.533. The Bertz CT molecular complexity index is 1400. The normalized spacial score (nSPS) is 14.0. The molecule has 6 nitrogen and oxygen atoms in total. The molecule has 6 heteroatoms. The number of ether oxygens (including phenoxy) is 1. The van der Waals surface area contributed by atoms with Crippen molar-refractivity contribution in [2.45, 2.75) is 13.0 Å². The van der Waals surface area contributed by atoms with Crippen LogP contribution < -0.4 is 15.4 Å². The Morgan fingerprint density at radius 1 is 1.00 bits per heavy atom. The summed E-state index contributed by atoms with van der Waals surface area (Å²) in [6, 6.07) is 21.5. The van der Waals surface area contributed by atoms with Crippen molar-refractivity contribution in [2.24, 2.45) is 0 Å². The van der Waals surface area contributed by atoms with E-state index in [0.29, 0.717) is 35.4 Å². The van der Waals surface area contributed by atoms with Gasteiger partial charge in [-0.1, -0.05) is 36.4 Å². The first-order chi connectivity index (χ1) is 15.1. The minimum Gasteiger partial charge on any atom is -0.545 e. The SMILES string of the molecule is O=C([O-])c1ccc2c(=O)n3c(nc2c1)/C(=C/c1cccc(Oc2ccccc2)c1)CC3. The number of nitrogens with zero attached hydrogens (tertiary/aromatic N) is 2. The van der Waals surface area contributed by atoms with E-state index >= 15 is 0 Å². The predicted molar refractivity (Wildman–Crippen MR) is 116 cm³/mol. The van der Waals surface area contributed by atoms with Gasteiger partial charge in [0, 0.05) is 6.54 Å². The van der Waals surface area contributed by atoms with Crippen LogP contribution in [0.25, 0.3) is 22.6 Å². The van der Waals surface area contributed by atoms with Crippen LogP contribution in [0.3, 0.4) is 0 Å². The lowest BCUT2D eigenvalue weighted by Crippen LogP contribution is -2.23. The number of carboxylic acids is 1. The maximum atomic E-state index is 12.9. The third-order valence-electron chi connectivity index (χ3n) is 5.26. The summed E-state index contributed by atoms with van der Waals surface area (Å²) in [5, 5.41) is 11.6. The second kappa shape index (κ2) is 7.57. The highest BCUT2D eigenvalue weighted by molar-refractivity contribution is 5.92. The highest BCUT2D eigenvalue weighted by Crippen LogP contribution is 2.29. The van der Waals surface area contributed by atoms with E-state index in [9.17, 15) is 14.7 Å². The fraction of sp³-hybridized carbons (Fsp3) is 0.0800. The smallest absolute Gasteiger partial charge is 0.261 e. The molecule has 0 N–H and O–H groups in total. The van der Waals surface area contributed by atoms with Gasteiger partial charge in [0.15, 0.2) is 0 Å². The second-order valence-electron chi connectivity index (χ2n) is 7.32. The number of hydrogen-bond acceptors (Lipinski definition) is 5. The molecule has 5 rings (SSSR count). The molecular formula is C25H17N2O4-. The molecule has 0 radical (unpaired) electrons. The fourth-order valence-corrected chi connectivity index (χ4v) is 3.77. The van der Waals surface area contributed by atoms with Gasteiger partial charge in [0.1, 0.15) is 17.3 Å². The molecule has 0 aliphatic carbocycles. The first kappa shape index (κ1) is 18.8. The highest BCUT2D eigenvalue weighted by Gasteiger charge is 2.21. The van der Waals surface area contributed by atoms with Crippen molar-refractivity contribution >= 4 is 28.5 Å². The summed E-state index contributed by atoms with van der Waals surface area (Å²) in [7, 11) is 0. The monoisotopic (exact) mass is 409 g/mol. The molecule has 0 bridgehead atoms. The van der Waals surface area contributed by atoms with E-state index < -0.39 is 5.97 Å². The molecule has 4 aromatic rings. The van der Waals surface area contributed by atoms with Crippen molar-refractivity contribution in [3.05, 3.63) is 100 Å². The number of fused-ring (bicyclic) bond motifs is 2. The lowest BCUT2D eigenvalue weighted by Gasteiger charge is -2.08. The largest absolute Gasteiger partial charge is 0.545 e. The van der Waals surface area contributed by atoms with E-state index in [4.69, 9.17) is 4.74 Å². The van der Waals surface area contributed by atoms with E-state index in [2.05, 4.69) is 4.98 Å². The molecule has 0 spiro atoms. The molecule has 31 heavy (non-hydrogen) atoms. The zero-order valence-electron chi connectivity index (χ0n) is 16.4. The summed E-state index contributed by atoms with van der Waals surface area (Å²) in [6.07, 6.45) is 2.65. The second-order valence-corrected chi connectivity index (χ2v) is 7.32. The molecule has 0 fully saturated rings. The van der Waals surface area contributed by atoms with Gasteiger partial charge in [0.05, 0.1) is 16.9 Å². The average Bonchev–Trinajstić information content (AvgIpc) is 3.17. The van der Waals surface area contributed by atoms with Crippen LogP contribution in [-0.4, -0.2) is 15.5 Å². The maximum Gasteiger partial charge on any atom is 0.261 e. The number of carbonyl (C=O) groups is 1. The number of carboxylic acid groups (broad SMARTS) is 1. The summed E-state index contributed by atoms with van der Waals surface area (Å²) >= 11 is 0. The lowest BCUT2D eigenvalue weighted by atomic mass is 10.1. The standard InChI is InChI=1S/C25H18N2O4/c28-24-21-10-9-18(25(29)30)15-22(21)26-23-17(11-12-27(23)24)13-16-5-4-8-20(14-16)31-19-6-2-1-3-7-19/h1-10,13-15H,11-12H2,(H,29,30)/p-1/b17-13+. The van der Waals surface area contributed by atoms with E-state index in [1.165, 1.54) is 18.2 Å². The van der Waals surface area contributed by atoms with Gasteiger partial charge in [-0.2, -0.15) is 0 Å². The quantitative estimate of drug-likeness (QED) is 0.515. The molecule has 1 aliphatic heterocycles. The molecule has 1 aliphatic rings. The molecule has 0 atom stereocenters. The predicted octanol–water partition coefficient (Wildman–Crippen LogP) is 3.50. The highest BCUT2D eigenvalue weighted by atomic mass is 16.5. The van der Waals surface area contributed by atoms with Gasteiger partial charge >= 0.3 is 0 Å².